The smallest absolute Gasteiger partial charge is 0.329 e. The summed E-state index contributed by atoms with van der Waals surface area (Å²) in [4.78, 5) is 26.3. The van der Waals surface area contributed by atoms with Gasteiger partial charge in [-0.2, -0.15) is 0 Å². The van der Waals surface area contributed by atoms with Gasteiger partial charge in [0.15, 0.2) is 11.5 Å². The number of halogens is 2. The van der Waals surface area contributed by atoms with Gasteiger partial charge in [-0.3, -0.25) is 9.69 Å². The lowest BCUT2D eigenvalue weighted by Gasteiger charge is -2.15. The molecule has 1 saturated heterocycles. The van der Waals surface area contributed by atoms with Crippen LogP contribution in [-0.4, -0.2) is 23.9 Å². The molecule has 1 N–H and O–H groups in total. The first kappa shape index (κ1) is 24.8. The normalized spacial score (nSPS) is 14.4. The number of carbonyl (C=O) groups is 2. The molecule has 6 nitrogen and oxygen atoms in total. The molecule has 1 fully saturated rings. The van der Waals surface area contributed by atoms with E-state index in [1.165, 1.54) is 6.07 Å². The zero-order chi connectivity index (χ0) is 25.9. The number of nitrogens with zero attached hydrogens (tertiary/aromatic N) is 1. The van der Waals surface area contributed by atoms with Crippen molar-refractivity contribution in [2.24, 2.45) is 0 Å². The predicted molar refractivity (Wildman–Crippen MR) is 147 cm³/mol. The van der Waals surface area contributed by atoms with E-state index >= 15 is 0 Å². The molecule has 0 aromatic heterocycles. The van der Waals surface area contributed by atoms with Crippen molar-refractivity contribution < 1.29 is 23.5 Å². The third kappa shape index (κ3) is 5.15. The van der Waals surface area contributed by atoms with Crippen molar-refractivity contribution >= 4 is 51.4 Å². The molecule has 1 aliphatic rings. The first-order valence-corrected chi connectivity index (χ1v) is 12.6. The molecule has 1 aliphatic heterocycles. The second-order valence-corrected chi connectivity index (χ2v) is 9.59. The fraction of sp³-hybridized carbons (Fsp3) is 0.103. The van der Waals surface area contributed by atoms with Crippen molar-refractivity contribution in [1.29, 1.82) is 0 Å². The maximum absolute atomic E-state index is 14.0. The summed E-state index contributed by atoms with van der Waals surface area (Å²) in [6.07, 6.45) is 1.57. The van der Waals surface area contributed by atoms with E-state index in [9.17, 15) is 14.0 Å². The lowest BCUT2D eigenvalue weighted by molar-refractivity contribution is -0.123. The number of ether oxygens (including phenoxy) is 2. The number of benzene rings is 4. The molecule has 5 rings (SSSR count). The van der Waals surface area contributed by atoms with Crippen molar-refractivity contribution in [2.45, 2.75) is 13.2 Å². The van der Waals surface area contributed by atoms with Crippen LogP contribution in [0.1, 0.15) is 16.7 Å². The van der Waals surface area contributed by atoms with Crippen LogP contribution < -0.4 is 14.8 Å². The minimum Gasteiger partial charge on any atom is -0.493 e. The molecular formula is C29H22FIN2O4. The van der Waals surface area contributed by atoms with Gasteiger partial charge in [0.25, 0.3) is 5.91 Å². The average Bonchev–Trinajstić information content (AvgIpc) is 3.16. The van der Waals surface area contributed by atoms with Gasteiger partial charge in [0.2, 0.25) is 0 Å². The Bertz CT molecular complexity index is 1550. The van der Waals surface area contributed by atoms with Crippen LogP contribution in [0.3, 0.4) is 0 Å². The second-order valence-electron chi connectivity index (χ2n) is 8.43. The predicted octanol–water partition coefficient (Wildman–Crippen LogP) is 6.26. The fourth-order valence-corrected chi connectivity index (χ4v) is 4.99. The molecule has 37 heavy (non-hydrogen) atoms. The van der Waals surface area contributed by atoms with Crippen LogP contribution in [0.5, 0.6) is 11.5 Å². The third-order valence-corrected chi connectivity index (χ3v) is 6.86. The third-order valence-electron chi connectivity index (χ3n) is 6.06. The molecule has 4 aromatic carbocycles. The molecule has 0 unspecified atom stereocenters. The van der Waals surface area contributed by atoms with Crippen molar-refractivity contribution in [2.75, 3.05) is 7.11 Å². The molecule has 8 heteroatoms. The summed E-state index contributed by atoms with van der Waals surface area (Å²) >= 11 is 2.16. The van der Waals surface area contributed by atoms with E-state index in [2.05, 4.69) is 46.1 Å². The summed E-state index contributed by atoms with van der Waals surface area (Å²) in [5, 5.41) is 4.84. The molecule has 0 aliphatic carbocycles. The number of urea groups is 1. The van der Waals surface area contributed by atoms with Gasteiger partial charge in [0.1, 0.15) is 18.1 Å². The van der Waals surface area contributed by atoms with Crippen LogP contribution in [0.4, 0.5) is 9.18 Å². The minimum atomic E-state index is -0.601. The Kier molecular flexibility index (Phi) is 7.09. The first-order chi connectivity index (χ1) is 17.9. The van der Waals surface area contributed by atoms with Crippen LogP contribution in [-0.2, 0) is 17.9 Å². The Morgan fingerprint density at radius 3 is 2.51 bits per heavy atom. The standard InChI is InChI=1S/C29H22FIN2O4/c1-36-26-15-18(14-25-28(34)33(29(35)32-25)16-20-8-3-5-12-23(20)30)13-24(31)27(26)37-17-21-10-6-9-19-7-2-4-11-22(19)21/h2-15H,16-17H2,1H3,(H,32,35)/b25-14+. The van der Waals surface area contributed by atoms with Gasteiger partial charge in [0.05, 0.1) is 17.2 Å². The summed E-state index contributed by atoms with van der Waals surface area (Å²) in [6.45, 7) is 0.199. The van der Waals surface area contributed by atoms with E-state index in [4.69, 9.17) is 9.47 Å². The van der Waals surface area contributed by atoms with Gasteiger partial charge < -0.3 is 14.8 Å². The molecule has 0 bridgehead atoms. The van der Waals surface area contributed by atoms with E-state index in [0.29, 0.717) is 23.7 Å². The van der Waals surface area contributed by atoms with Crippen LogP contribution >= 0.6 is 22.6 Å². The van der Waals surface area contributed by atoms with Gasteiger partial charge >= 0.3 is 6.03 Å². The number of amides is 3. The number of nitrogens with one attached hydrogen (secondary N) is 1. The summed E-state index contributed by atoms with van der Waals surface area (Å²) < 4.78 is 26.6. The van der Waals surface area contributed by atoms with Gasteiger partial charge in [0, 0.05) is 5.56 Å². The topological polar surface area (TPSA) is 67.9 Å². The van der Waals surface area contributed by atoms with Crippen LogP contribution in [0, 0.1) is 9.39 Å². The fourth-order valence-electron chi connectivity index (χ4n) is 4.21. The van der Waals surface area contributed by atoms with Gasteiger partial charge in [-0.15, -0.1) is 0 Å². The van der Waals surface area contributed by atoms with Crippen molar-refractivity contribution in [1.82, 2.24) is 10.2 Å². The molecule has 0 spiro atoms. The lowest BCUT2D eigenvalue weighted by atomic mass is 10.1. The molecule has 186 valence electrons. The number of hydrogen-bond donors (Lipinski definition) is 1. The SMILES string of the molecule is COc1cc(/C=C2/NC(=O)N(Cc3ccccc3F)C2=O)cc(I)c1OCc1cccc2ccccc12. The van der Waals surface area contributed by atoms with E-state index in [-0.39, 0.29) is 17.8 Å². The summed E-state index contributed by atoms with van der Waals surface area (Å²) in [6, 6.07) is 23.3. The number of methoxy groups -OCH3 is 1. The van der Waals surface area contributed by atoms with Crippen molar-refractivity contribution in [3.05, 3.63) is 111 Å². The summed E-state index contributed by atoms with van der Waals surface area (Å²) in [5.74, 6) is 0.0811. The molecule has 1 heterocycles. The average molecular weight is 608 g/mol. The van der Waals surface area contributed by atoms with E-state index in [1.54, 1.807) is 37.5 Å². The van der Waals surface area contributed by atoms with Crippen molar-refractivity contribution in [3.8, 4) is 11.5 Å². The number of rotatable bonds is 7. The second kappa shape index (κ2) is 10.6. The molecular weight excluding hydrogens is 586 g/mol. The Labute approximate surface area is 226 Å². The van der Waals surface area contributed by atoms with E-state index < -0.39 is 17.8 Å². The van der Waals surface area contributed by atoms with Crippen LogP contribution in [0.2, 0.25) is 0 Å². The molecule has 0 atom stereocenters. The minimum absolute atomic E-state index is 0.101. The summed E-state index contributed by atoms with van der Waals surface area (Å²) in [7, 11) is 1.55. The van der Waals surface area contributed by atoms with Crippen LogP contribution in [0.25, 0.3) is 16.8 Å². The number of hydrogen-bond acceptors (Lipinski definition) is 4. The van der Waals surface area contributed by atoms with Gasteiger partial charge in [-0.25, -0.2) is 9.18 Å². The number of carbonyl (C=O) groups excluding carboxylic acids is 2. The zero-order valence-corrected chi connectivity index (χ0v) is 22.0. The maximum atomic E-state index is 14.0. The lowest BCUT2D eigenvalue weighted by Crippen LogP contribution is -2.30. The Morgan fingerprint density at radius 1 is 0.973 bits per heavy atom. The molecule has 0 saturated carbocycles. The zero-order valence-electron chi connectivity index (χ0n) is 19.8. The highest BCUT2D eigenvalue weighted by molar-refractivity contribution is 14.1. The molecule has 0 radical (unpaired) electrons. The molecule has 3 amide bonds. The number of fused-ring (bicyclic) bond motifs is 1. The van der Waals surface area contributed by atoms with E-state index in [0.717, 1.165) is 24.8 Å². The highest BCUT2D eigenvalue weighted by Crippen LogP contribution is 2.36. The quantitative estimate of drug-likeness (QED) is 0.153. The Balaban J connectivity index is 1.37. The largest absolute Gasteiger partial charge is 0.493 e. The highest BCUT2D eigenvalue weighted by atomic mass is 127. The van der Waals surface area contributed by atoms with Gasteiger partial charge in [-0.1, -0.05) is 60.7 Å². The van der Waals surface area contributed by atoms with Gasteiger partial charge in [-0.05, 0) is 68.8 Å². The monoisotopic (exact) mass is 608 g/mol. The van der Waals surface area contributed by atoms with E-state index in [1.807, 2.05) is 30.3 Å². The van der Waals surface area contributed by atoms with Crippen molar-refractivity contribution in [3.63, 3.8) is 0 Å². The number of imide groups is 1. The Hall–Kier alpha value is -3.92. The Morgan fingerprint density at radius 2 is 1.70 bits per heavy atom. The van der Waals surface area contributed by atoms with Crippen LogP contribution in [0.15, 0.2) is 84.6 Å². The highest BCUT2D eigenvalue weighted by Gasteiger charge is 2.34. The first-order valence-electron chi connectivity index (χ1n) is 11.5. The molecule has 4 aromatic rings. The maximum Gasteiger partial charge on any atom is 0.329 e. The summed E-state index contributed by atoms with van der Waals surface area (Å²) in [5.41, 5.74) is 2.06.